The number of hydrogen-bond donors (Lipinski definition) is 0. The quantitative estimate of drug-likeness (QED) is 0.388. The van der Waals surface area contributed by atoms with E-state index in [0.717, 1.165) is 15.8 Å². The van der Waals surface area contributed by atoms with Crippen molar-refractivity contribution in [1.29, 1.82) is 0 Å². The molecule has 0 radical (unpaired) electrons. The molecule has 9 nitrogen and oxygen atoms in total. The number of thiazole rings is 1. The van der Waals surface area contributed by atoms with Gasteiger partial charge in [-0.1, -0.05) is 17.4 Å². The molecule has 0 spiro atoms. The summed E-state index contributed by atoms with van der Waals surface area (Å²) in [6.07, 6.45) is 3.41. The van der Waals surface area contributed by atoms with Crippen molar-refractivity contribution in [2.24, 2.45) is 0 Å². The molecule has 0 fully saturated rings. The van der Waals surface area contributed by atoms with E-state index >= 15 is 0 Å². The Morgan fingerprint density at radius 1 is 1.06 bits per heavy atom. The molecular formula is C24H21N3O6S. The number of methoxy groups -OCH3 is 3. The third-order valence-corrected chi connectivity index (χ3v) is 6.36. The van der Waals surface area contributed by atoms with Crippen LogP contribution in [-0.4, -0.2) is 44.0 Å². The summed E-state index contributed by atoms with van der Waals surface area (Å²) in [5, 5.41) is 0.529. The lowest BCUT2D eigenvalue weighted by Gasteiger charge is -2.21. The summed E-state index contributed by atoms with van der Waals surface area (Å²) in [6, 6.07) is 10.7. The first kappa shape index (κ1) is 21.8. The molecule has 0 atom stereocenters. The number of hydrogen-bond acceptors (Lipinski definition) is 9. The van der Waals surface area contributed by atoms with Gasteiger partial charge < -0.3 is 23.7 Å². The Bertz CT molecular complexity index is 1290. The minimum absolute atomic E-state index is 0.187. The van der Waals surface area contributed by atoms with E-state index in [2.05, 4.69) is 4.98 Å². The van der Waals surface area contributed by atoms with Gasteiger partial charge in [0.05, 0.1) is 38.1 Å². The molecule has 174 valence electrons. The number of amides is 1. The maximum Gasteiger partial charge on any atom is 0.260 e. The maximum absolute atomic E-state index is 13.8. The Morgan fingerprint density at radius 3 is 2.44 bits per heavy atom. The van der Waals surface area contributed by atoms with Gasteiger partial charge >= 0.3 is 0 Å². The fourth-order valence-electron chi connectivity index (χ4n) is 3.68. The normalized spacial score (nSPS) is 12.0. The molecule has 10 heteroatoms. The molecule has 0 saturated heterocycles. The second-order valence-corrected chi connectivity index (χ2v) is 8.35. The average Bonchev–Trinajstić information content (AvgIpc) is 3.50. The van der Waals surface area contributed by atoms with Crippen molar-refractivity contribution >= 4 is 32.6 Å². The lowest BCUT2D eigenvalue weighted by molar-refractivity contribution is 0.0984. The number of benzene rings is 2. The second kappa shape index (κ2) is 9.06. The van der Waals surface area contributed by atoms with Crippen LogP contribution in [0.3, 0.4) is 0 Å². The highest BCUT2D eigenvalue weighted by atomic mass is 32.1. The highest BCUT2D eigenvalue weighted by Gasteiger charge is 2.26. The second-order valence-electron chi connectivity index (χ2n) is 7.34. The first-order chi connectivity index (χ1) is 16.6. The highest BCUT2D eigenvalue weighted by molar-refractivity contribution is 7.22. The van der Waals surface area contributed by atoms with E-state index < -0.39 is 0 Å². The molecule has 2 aromatic heterocycles. The smallest absolute Gasteiger partial charge is 0.260 e. The zero-order valence-electron chi connectivity index (χ0n) is 18.7. The summed E-state index contributed by atoms with van der Waals surface area (Å²) in [6.45, 7) is 0.460. The number of aromatic nitrogens is 2. The summed E-state index contributed by atoms with van der Waals surface area (Å²) >= 11 is 1.39. The molecule has 5 rings (SSSR count). The van der Waals surface area contributed by atoms with Gasteiger partial charge in [-0.15, -0.1) is 0 Å². The number of rotatable bonds is 7. The van der Waals surface area contributed by atoms with E-state index in [9.17, 15) is 4.79 Å². The molecule has 0 aliphatic carbocycles. The van der Waals surface area contributed by atoms with Crippen LogP contribution < -0.4 is 28.6 Å². The largest absolute Gasteiger partial charge is 0.493 e. The fourth-order valence-corrected chi connectivity index (χ4v) is 4.66. The minimum Gasteiger partial charge on any atom is -0.493 e. The van der Waals surface area contributed by atoms with Crippen molar-refractivity contribution < 1.29 is 28.5 Å². The maximum atomic E-state index is 13.8. The molecule has 34 heavy (non-hydrogen) atoms. The Balaban J connectivity index is 1.59. The molecule has 0 N–H and O–H groups in total. The molecule has 0 saturated carbocycles. The van der Waals surface area contributed by atoms with Crippen molar-refractivity contribution in [2.45, 2.75) is 6.54 Å². The van der Waals surface area contributed by atoms with E-state index in [-0.39, 0.29) is 19.2 Å². The lowest BCUT2D eigenvalue weighted by Crippen LogP contribution is -2.30. The number of anilines is 1. The van der Waals surface area contributed by atoms with Crippen LogP contribution in [-0.2, 0) is 6.54 Å². The van der Waals surface area contributed by atoms with Crippen LogP contribution in [0.4, 0.5) is 5.13 Å². The first-order valence-electron chi connectivity index (χ1n) is 10.3. The fraction of sp³-hybridized carbons (Fsp3) is 0.208. The molecule has 0 unspecified atom stereocenters. The van der Waals surface area contributed by atoms with Crippen LogP contribution in [0.15, 0.2) is 48.8 Å². The van der Waals surface area contributed by atoms with E-state index in [4.69, 9.17) is 28.7 Å². The highest BCUT2D eigenvalue weighted by Crippen LogP contribution is 2.42. The predicted octanol–water partition coefficient (Wildman–Crippen LogP) is 4.29. The molecule has 4 aromatic rings. The lowest BCUT2D eigenvalue weighted by atomic mass is 10.1. The van der Waals surface area contributed by atoms with Gasteiger partial charge in [0, 0.05) is 30.1 Å². The first-order valence-corrected chi connectivity index (χ1v) is 11.1. The number of nitrogens with zero attached hydrogens (tertiary/aromatic N) is 3. The number of carbonyl (C=O) groups is 1. The monoisotopic (exact) mass is 479 g/mol. The van der Waals surface area contributed by atoms with Crippen LogP contribution in [0.5, 0.6) is 28.7 Å². The van der Waals surface area contributed by atoms with Crippen LogP contribution in [0.1, 0.15) is 15.9 Å². The van der Waals surface area contributed by atoms with Crippen molar-refractivity contribution in [2.75, 3.05) is 33.0 Å². The Hall–Kier alpha value is -4.05. The summed E-state index contributed by atoms with van der Waals surface area (Å²) in [5.41, 5.74) is 1.95. The molecule has 1 aliphatic heterocycles. The van der Waals surface area contributed by atoms with Gasteiger partial charge in [-0.25, -0.2) is 4.98 Å². The van der Waals surface area contributed by atoms with Gasteiger partial charge in [0.1, 0.15) is 0 Å². The van der Waals surface area contributed by atoms with Gasteiger partial charge in [-0.3, -0.25) is 14.7 Å². The number of ether oxygens (including phenoxy) is 5. The average molecular weight is 480 g/mol. The molecule has 1 amide bonds. The van der Waals surface area contributed by atoms with Gasteiger partial charge in [-0.2, -0.15) is 0 Å². The number of pyridine rings is 1. The van der Waals surface area contributed by atoms with Gasteiger partial charge in [-0.05, 0) is 23.8 Å². The van der Waals surface area contributed by atoms with Gasteiger partial charge in [0.2, 0.25) is 12.5 Å². The van der Waals surface area contributed by atoms with Crippen LogP contribution in [0.25, 0.3) is 10.2 Å². The van der Waals surface area contributed by atoms with Crippen molar-refractivity contribution in [3.05, 3.63) is 59.9 Å². The van der Waals surface area contributed by atoms with Crippen LogP contribution >= 0.6 is 11.3 Å². The van der Waals surface area contributed by atoms with Gasteiger partial charge in [0.25, 0.3) is 5.91 Å². The summed E-state index contributed by atoms with van der Waals surface area (Å²) in [4.78, 5) is 24.4. The summed E-state index contributed by atoms with van der Waals surface area (Å²) in [5.74, 6) is 2.22. The topological polar surface area (TPSA) is 92.2 Å². The van der Waals surface area contributed by atoms with Crippen LogP contribution in [0.2, 0.25) is 0 Å². The number of fused-ring (bicyclic) bond motifs is 2. The summed E-state index contributed by atoms with van der Waals surface area (Å²) < 4.78 is 28.1. The molecule has 3 heterocycles. The summed E-state index contributed by atoms with van der Waals surface area (Å²) in [7, 11) is 4.54. The molecular weight excluding hydrogens is 458 g/mol. The van der Waals surface area contributed by atoms with Crippen molar-refractivity contribution in [3.8, 4) is 28.7 Å². The molecule has 1 aliphatic rings. The minimum atomic E-state index is -0.276. The van der Waals surface area contributed by atoms with E-state index in [1.54, 1.807) is 29.4 Å². The number of carbonyl (C=O) groups excluding carboxylic acids is 1. The predicted molar refractivity (Wildman–Crippen MR) is 127 cm³/mol. The molecule has 2 aromatic carbocycles. The van der Waals surface area contributed by atoms with E-state index in [1.165, 1.54) is 32.7 Å². The standard InChI is InChI=1S/C24H21N3O6S/c1-29-19-7-15(8-20(30-2)22(19)31-3)23(28)27(12-14-5-4-6-25-11-14)24-26-16-9-17-18(33-13-32-17)10-21(16)34-24/h4-11H,12-13H2,1-3H3. The third kappa shape index (κ3) is 3.92. The Kier molecular flexibility index (Phi) is 5.81. The van der Waals surface area contributed by atoms with E-state index in [0.29, 0.717) is 39.4 Å². The SMILES string of the molecule is COc1cc(C(=O)N(Cc2cccnc2)c2nc3cc4c(cc3s2)OCO4)cc(OC)c1OC. The zero-order chi connectivity index (χ0) is 23.7. The Labute approximate surface area is 199 Å². The van der Waals surface area contributed by atoms with Crippen molar-refractivity contribution in [1.82, 2.24) is 9.97 Å². The van der Waals surface area contributed by atoms with Crippen molar-refractivity contribution in [3.63, 3.8) is 0 Å². The molecule has 0 bridgehead atoms. The van der Waals surface area contributed by atoms with Gasteiger partial charge in [0.15, 0.2) is 28.1 Å². The van der Waals surface area contributed by atoms with Crippen LogP contribution in [0, 0.1) is 0 Å². The van der Waals surface area contributed by atoms with E-state index in [1.807, 2.05) is 24.3 Å². The zero-order valence-corrected chi connectivity index (χ0v) is 19.5. The third-order valence-electron chi connectivity index (χ3n) is 5.32. The Morgan fingerprint density at radius 2 is 1.79 bits per heavy atom.